The molecule has 0 spiro atoms. The molecule has 0 radical (unpaired) electrons. The van der Waals surface area contributed by atoms with E-state index in [1.807, 2.05) is 11.7 Å². The van der Waals surface area contributed by atoms with Crippen LogP contribution in [0.25, 0.3) is 0 Å². The third-order valence-corrected chi connectivity index (χ3v) is 2.37. The van der Waals surface area contributed by atoms with Gasteiger partial charge in [0.15, 0.2) is 0 Å². The van der Waals surface area contributed by atoms with Crippen LogP contribution in [-0.4, -0.2) is 15.0 Å². The third kappa shape index (κ3) is 2.08. The van der Waals surface area contributed by atoms with Gasteiger partial charge in [-0.25, -0.2) is 0 Å². The van der Waals surface area contributed by atoms with Gasteiger partial charge in [-0.1, -0.05) is 20.8 Å². The highest BCUT2D eigenvalue weighted by Gasteiger charge is 2.12. The van der Waals surface area contributed by atoms with Crippen molar-refractivity contribution in [2.45, 2.75) is 53.0 Å². The summed E-state index contributed by atoms with van der Waals surface area (Å²) >= 11 is 0. The number of hydrogen-bond acceptors (Lipinski definition) is 2. The first-order valence-corrected chi connectivity index (χ1v) is 4.99. The molecule has 0 N–H and O–H groups in total. The van der Waals surface area contributed by atoms with E-state index in [0.29, 0.717) is 12.0 Å². The molecular weight excluding hydrogens is 162 g/mol. The van der Waals surface area contributed by atoms with Crippen molar-refractivity contribution in [3.63, 3.8) is 0 Å². The molecule has 0 amide bonds. The van der Waals surface area contributed by atoms with Gasteiger partial charge in [-0.2, -0.15) is 15.0 Å². The minimum Gasteiger partial charge on any atom is -0.182 e. The molecule has 1 rings (SSSR count). The van der Waals surface area contributed by atoms with E-state index < -0.39 is 0 Å². The van der Waals surface area contributed by atoms with E-state index >= 15 is 0 Å². The summed E-state index contributed by atoms with van der Waals surface area (Å²) in [6.45, 7) is 10.6. The van der Waals surface area contributed by atoms with Crippen LogP contribution < -0.4 is 0 Å². The van der Waals surface area contributed by atoms with Crippen molar-refractivity contribution in [1.82, 2.24) is 15.0 Å². The van der Waals surface area contributed by atoms with E-state index in [1.54, 1.807) is 0 Å². The van der Waals surface area contributed by atoms with Crippen LogP contribution >= 0.6 is 0 Å². The summed E-state index contributed by atoms with van der Waals surface area (Å²) in [4.78, 5) is 1.84. The first-order chi connectivity index (χ1) is 6.06. The maximum Gasteiger partial charge on any atom is 0.0881 e. The molecule has 1 aromatic rings. The molecule has 13 heavy (non-hydrogen) atoms. The fourth-order valence-corrected chi connectivity index (χ4v) is 1.30. The molecule has 0 fully saturated rings. The van der Waals surface area contributed by atoms with Gasteiger partial charge in [0.25, 0.3) is 0 Å². The van der Waals surface area contributed by atoms with Crippen molar-refractivity contribution < 1.29 is 0 Å². The predicted molar refractivity (Wildman–Crippen MR) is 53.9 cm³/mol. The van der Waals surface area contributed by atoms with Gasteiger partial charge in [-0.15, -0.1) is 0 Å². The zero-order valence-corrected chi connectivity index (χ0v) is 9.20. The van der Waals surface area contributed by atoms with Crippen LogP contribution in [0.5, 0.6) is 0 Å². The Balaban J connectivity index is 2.95. The number of hydrogen-bond donors (Lipinski definition) is 0. The van der Waals surface area contributed by atoms with Crippen LogP contribution in [0.2, 0.25) is 0 Å². The summed E-state index contributed by atoms with van der Waals surface area (Å²) < 4.78 is 0. The van der Waals surface area contributed by atoms with Gasteiger partial charge >= 0.3 is 0 Å². The largest absolute Gasteiger partial charge is 0.182 e. The lowest BCUT2D eigenvalue weighted by molar-refractivity contribution is 0.418. The van der Waals surface area contributed by atoms with Crippen molar-refractivity contribution in [2.75, 3.05) is 0 Å². The molecule has 0 aliphatic rings. The second-order valence-electron chi connectivity index (χ2n) is 3.90. The standard InChI is InChI=1S/C10H19N3/c1-6-8(4)13-11-9(5)10(12-13)7(2)3/h7-8H,6H2,1-5H3. The van der Waals surface area contributed by atoms with Crippen LogP contribution in [0.15, 0.2) is 0 Å². The number of nitrogens with zero attached hydrogens (tertiary/aromatic N) is 3. The first-order valence-electron chi connectivity index (χ1n) is 4.99. The van der Waals surface area contributed by atoms with Gasteiger partial charge in [0.2, 0.25) is 0 Å². The lowest BCUT2D eigenvalue weighted by Crippen LogP contribution is -2.08. The number of rotatable bonds is 3. The summed E-state index contributed by atoms with van der Waals surface area (Å²) in [6, 6.07) is 0.409. The summed E-state index contributed by atoms with van der Waals surface area (Å²) in [5, 5.41) is 8.89. The van der Waals surface area contributed by atoms with Gasteiger partial charge in [-0.05, 0) is 26.2 Å². The Bertz CT molecular complexity index is 276. The van der Waals surface area contributed by atoms with Gasteiger partial charge < -0.3 is 0 Å². The van der Waals surface area contributed by atoms with Crippen molar-refractivity contribution in [2.24, 2.45) is 0 Å². The van der Waals surface area contributed by atoms with E-state index in [2.05, 4.69) is 37.9 Å². The van der Waals surface area contributed by atoms with Crippen LogP contribution in [0.3, 0.4) is 0 Å². The molecule has 0 aromatic carbocycles. The molecule has 1 unspecified atom stereocenters. The van der Waals surface area contributed by atoms with Crippen molar-refractivity contribution in [3.8, 4) is 0 Å². The highest BCUT2D eigenvalue weighted by Crippen LogP contribution is 2.16. The maximum atomic E-state index is 4.49. The number of aromatic nitrogens is 3. The molecule has 0 aliphatic heterocycles. The van der Waals surface area contributed by atoms with Crippen molar-refractivity contribution in [1.29, 1.82) is 0 Å². The molecule has 0 bridgehead atoms. The number of aryl methyl sites for hydroxylation is 1. The smallest absolute Gasteiger partial charge is 0.0881 e. The molecule has 1 aromatic heterocycles. The quantitative estimate of drug-likeness (QED) is 0.717. The normalized spacial score (nSPS) is 13.7. The lowest BCUT2D eigenvalue weighted by Gasteiger charge is -2.06. The Morgan fingerprint density at radius 1 is 1.23 bits per heavy atom. The zero-order valence-electron chi connectivity index (χ0n) is 9.20. The highest BCUT2D eigenvalue weighted by molar-refractivity contribution is 5.10. The van der Waals surface area contributed by atoms with Crippen LogP contribution in [0.4, 0.5) is 0 Å². The lowest BCUT2D eigenvalue weighted by atomic mass is 10.1. The monoisotopic (exact) mass is 181 g/mol. The molecular formula is C10H19N3. The minimum absolute atomic E-state index is 0.409. The predicted octanol–water partition coefficient (Wildman–Crippen LogP) is 2.68. The van der Waals surface area contributed by atoms with Crippen LogP contribution in [0.1, 0.15) is 57.5 Å². The third-order valence-electron chi connectivity index (χ3n) is 2.37. The minimum atomic E-state index is 0.409. The second-order valence-corrected chi connectivity index (χ2v) is 3.90. The SMILES string of the molecule is CCC(C)n1nc(C)c(C(C)C)n1. The van der Waals surface area contributed by atoms with Gasteiger partial charge in [-0.3, -0.25) is 0 Å². The molecule has 3 heteroatoms. The fourth-order valence-electron chi connectivity index (χ4n) is 1.30. The molecule has 1 heterocycles. The molecule has 1 atom stereocenters. The Morgan fingerprint density at radius 3 is 2.23 bits per heavy atom. The molecule has 74 valence electrons. The van der Waals surface area contributed by atoms with E-state index in [-0.39, 0.29) is 0 Å². The van der Waals surface area contributed by atoms with Crippen molar-refractivity contribution in [3.05, 3.63) is 11.4 Å². The summed E-state index contributed by atoms with van der Waals surface area (Å²) in [5.41, 5.74) is 2.19. The molecule has 3 nitrogen and oxygen atoms in total. The first kappa shape index (κ1) is 10.2. The maximum absolute atomic E-state index is 4.49. The van der Waals surface area contributed by atoms with E-state index in [0.717, 1.165) is 17.8 Å². The van der Waals surface area contributed by atoms with Crippen molar-refractivity contribution >= 4 is 0 Å². The Morgan fingerprint density at radius 2 is 1.85 bits per heavy atom. The summed E-state index contributed by atoms with van der Waals surface area (Å²) in [6.07, 6.45) is 1.08. The molecule has 0 saturated carbocycles. The average molecular weight is 181 g/mol. The molecule has 0 saturated heterocycles. The van der Waals surface area contributed by atoms with Gasteiger partial charge in [0.05, 0.1) is 17.4 Å². The Kier molecular flexibility index (Phi) is 3.07. The fraction of sp³-hybridized carbons (Fsp3) is 0.800. The topological polar surface area (TPSA) is 30.7 Å². The Labute approximate surface area is 80.1 Å². The van der Waals surface area contributed by atoms with E-state index in [4.69, 9.17) is 0 Å². The molecule has 0 aliphatic carbocycles. The van der Waals surface area contributed by atoms with Gasteiger partial charge in [0.1, 0.15) is 0 Å². The summed E-state index contributed by atoms with van der Waals surface area (Å²) in [5.74, 6) is 0.470. The van der Waals surface area contributed by atoms with E-state index in [1.165, 1.54) is 0 Å². The van der Waals surface area contributed by atoms with Crippen LogP contribution in [-0.2, 0) is 0 Å². The highest BCUT2D eigenvalue weighted by atomic mass is 15.5. The Hall–Kier alpha value is -0.860. The van der Waals surface area contributed by atoms with Crippen LogP contribution in [0, 0.1) is 6.92 Å². The summed E-state index contributed by atoms with van der Waals surface area (Å²) in [7, 11) is 0. The average Bonchev–Trinajstić information content (AvgIpc) is 2.46. The second kappa shape index (κ2) is 3.90. The van der Waals surface area contributed by atoms with Gasteiger partial charge in [0, 0.05) is 0 Å². The zero-order chi connectivity index (χ0) is 10.0. The van der Waals surface area contributed by atoms with E-state index in [9.17, 15) is 0 Å².